The molecule has 4 nitrogen and oxygen atoms in total. The van der Waals surface area contributed by atoms with E-state index in [1.54, 1.807) is 0 Å². The minimum atomic E-state index is -3.05. The van der Waals surface area contributed by atoms with Crippen LogP contribution in [0.1, 0.15) is 71.6 Å². The third-order valence-corrected chi connectivity index (χ3v) is 4.77. The van der Waals surface area contributed by atoms with Crippen molar-refractivity contribution in [3.8, 4) is 0 Å². The summed E-state index contributed by atoms with van der Waals surface area (Å²) in [5.74, 6) is 0.261. The number of unbranched alkanes of at least 4 members (excludes halogenated alkanes) is 6. The lowest BCUT2D eigenvalue weighted by Crippen LogP contribution is -2.28. The van der Waals surface area contributed by atoms with Crippen LogP contribution in [0.25, 0.3) is 0 Å². The second-order valence-electron chi connectivity index (χ2n) is 5.44. The van der Waals surface area contributed by atoms with Crippen LogP contribution in [-0.4, -0.2) is 33.8 Å². The fraction of sp³-hybridized carbons (Fsp3) is 1.00. The Morgan fingerprint density at radius 1 is 0.700 bits per heavy atom. The second-order valence-corrected chi connectivity index (χ2v) is 7.36. The molecular formula is C15H34N2O2S. The molecule has 0 aromatic heterocycles. The van der Waals surface area contributed by atoms with Gasteiger partial charge in [0.1, 0.15) is 0 Å². The van der Waals surface area contributed by atoms with E-state index in [2.05, 4.69) is 23.9 Å². The van der Waals surface area contributed by atoms with Gasteiger partial charge >= 0.3 is 0 Å². The van der Waals surface area contributed by atoms with E-state index in [-0.39, 0.29) is 5.75 Å². The maximum atomic E-state index is 11.7. The molecule has 0 spiro atoms. The molecule has 0 aromatic carbocycles. The Kier molecular flexibility index (Phi) is 13.7. The van der Waals surface area contributed by atoms with E-state index >= 15 is 0 Å². The Labute approximate surface area is 126 Å². The molecule has 0 aliphatic carbocycles. The predicted molar refractivity (Wildman–Crippen MR) is 87.6 cm³/mol. The normalized spacial score (nSPS) is 11.9. The quantitative estimate of drug-likeness (QED) is 0.457. The fourth-order valence-corrected chi connectivity index (χ4v) is 3.23. The predicted octanol–water partition coefficient (Wildman–Crippen LogP) is 3.05. The maximum absolute atomic E-state index is 11.7. The van der Waals surface area contributed by atoms with Crippen LogP contribution in [-0.2, 0) is 10.0 Å². The van der Waals surface area contributed by atoms with Crippen LogP contribution in [0.5, 0.6) is 0 Å². The Morgan fingerprint density at radius 2 is 1.35 bits per heavy atom. The van der Waals surface area contributed by atoms with Gasteiger partial charge in [0, 0.05) is 6.54 Å². The fourth-order valence-electron chi connectivity index (χ4n) is 2.05. The molecule has 0 saturated heterocycles. The van der Waals surface area contributed by atoms with Gasteiger partial charge in [-0.1, -0.05) is 46.0 Å². The van der Waals surface area contributed by atoms with Crippen LogP contribution in [0.4, 0.5) is 0 Å². The molecule has 20 heavy (non-hydrogen) atoms. The van der Waals surface area contributed by atoms with Gasteiger partial charge in [0.05, 0.1) is 5.75 Å². The highest BCUT2D eigenvalue weighted by Crippen LogP contribution is 2.04. The summed E-state index contributed by atoms with van der Waals surface area (Å²) in [4.78, 5) is 0. The average Bonchev–Trinajstić information content (AvgIpc) is 2.41. The smallest absolute Gasteiger partial charge is 0.211 e. The van der Waals surface area contributed by atoms with Crippen LogP contribution in [0, 0.1) is 0 Å². The summed E-state index contributed by atoms with van der Waals surface area (Å²) in [6.07, 6.45) is 9.91. The van der Waals surface area contributed by atoms with Gasteiger partial charge in [0.15, 0.2) is 0 Å². The summed E-state index contributed by atoms with van der Waals surface area (Å²) in [5, 5.41) is 3.28. The van der Waals surface area contributed by atoms with Gasteiger partial charge in [-0.25, -0.2) is 13.1 Å². The highest BCUT2D eigenvalue weighted by molar-refractivity contribution is 7.89. The van der Waals surface area contributed by atoms with Crippen LogP contribution in [0.2, 0.25) is 0 Å². The number of rotatable bonds is 15. The zero-order valence-corrected chi connectivity index (χ0v) is 14.2. The lowest BCUT2D eigenvalue weighted by atomic mass is 10.1. The third-order valence-electron chi connectivity index (χ3n) is 3.30. The van der Waals surface area contributed by atoms with Gasteiger partial charge in [0.2, 0.25) is 10.0 Å². The first-order chi connectivity index (χ1) is 9.62. The average molecular weight is 307 g/mol. The van der Waals surface area contributed by atoms with E-state index in [9.17, 15) is 8.42 Å². The molecule has 0 heterocycles. The Balaban J connectivity index is 3.41. The molecule has 0 radical (unpaired) electrons. The first kappa shape index (κ1) is 19.9. The van der Waals surface area contributed by atoms with Crippen LogP contribution in [0.3, 0.4) is 0 Å². The van der Waals surface area contributed by atoms with E-state index in [1.807, 2.05) is 0 Å². The molecule has 0 bridgehead atoms. The molecule has 0 aromatic rings. The molecule has 0 saturated carbocycles. The Hall–Kier alpha value is -0.130. The second kappa shape index (κ2) is 13.8. The molecule has 0 atom stereocenters. The van der Waals surface area contributed by atoms with E-state index < -0.39 is 10.0 Å². The number of hydrogen-bond donors (Lipinski definition) is 2. The van der Waals surface area contributed by atoms with E-state index in [1.165, 1.54) is 25.7 Å². The highest BCUT2D eigenvalue weighted by Gasteiger charge is 2.08. The summed E-state index contributed by atoms with van der Waals surface area (Å²) in [6.45, 7) is 6.86. The van der Waals surface area contributed by atoms with Gasteiger partial charge in [0.25, 0.3) is 0 Å². The van der Waals surface area contributed by atoms with Gasteiger partial charge in [-0.15, -0.1) is 0 Å². The van der Waals surface area contributed by atoms with Crippen molar-refractivity contribution in [2.75, 3.05) is 25.4 Å². The summed E-state index contributed by atoms with van der Waals surface area (Å²) < 4.78 is 26.1. The van der Waals surface area contributed by atoms with E-state index in [4.69, 9.17) is 0 Å². The van der Waals surface area contributed by atoms with Crippen LogP contribution >= 0.6 is 0 Å². The van der Waals surface area contributed by atoms with Crippen molar-refractivity contribution >= 4 is 10.0 Å². The summed E-state index contributed by atoms with van der Waals surface area (Å²) in [6, 6.07) is 0. The van der Waals surface area contributed by atoms with Crippen LogP contribution < -0.4 is 10.0 Å². The summed E-state index contributed by atoms with van der Waals surface area (Å²) >= 11 is 0. The molecule has 0 aliphatic heterocycles. The summed E-state index contributed by atoms with van der Waals surface area (Å²) in [7, 11) is -3.05. The third kappa shape index (κ3) is 14.3. The highest BCUT2D eigenvalue weighted by atomic mass is 32.2. The molecule has 5 heteroatoms. The number of nitrogens with one attached hydrogen (secondary N) is 2. The molecule has 0 rings (SSSR count). The lowest BCUT2D eigenvalue weighted by molar-refractivity contribution is 0.562. The topological polar surface area (TPSA) is 58.2 Å². The van der Waals surface area contributed by atoms with Crippen LogP contribution in [0.15, 0.2) is 0 Å². The summed E-state index contributed by atoms with van der Waals surface area (Å²) in [5.41, 5.74) is 0. The van der Waals surface area contributed by atoms with Crippen molar-refractivity contribution in [2.24, 2.45) is 0 Å². The number of sulfonamides is 1. The van der Waals surface area contributed by atoms with E-state index in [0.29, 0.717) is 6.54 Å². The van der Waals surface area contributed by atoms with Crippen molar-refractivity contribution in [3.05, 3.63) is 0 Å². The van der Waals surface area contributed by atoms with Gasteiger partial charge in [-0.3, -0.25) is 0 Å². The molecule has 122 valence electrons. The monoisotopic (exact) mass is 306 g/mol. The lowest BCUT2D eigenvalue weighted by Gasteiger charge is -2.07. The van der Waals surface area contributed by atoms with E-state index in [0.717, 1.165) is 45.2 Å². The zero-order chi connectivity index (χ0) is 15.1. The van der Waals surface area contributed by atoms with Crippen molar-refractivity contribution < 1.29 is 8.42 Å². The van der Waals surface area contributed by atoms with Gasteiger partial charge in [-0.05, 0) is 38.8 Å². The standard InChI is InChI=1S/C15H34N2O2S/c1-3-5-6-7-8-9-14-17-20(18,19)15-11-10-13-16-12-4-2/h16-17H,3-15H2,1-2H3. The first-order valence-corrected chi connectivity index (χ1v) is 9.95. The minimum absolute atomic E-state index is 0.261. The SMILES string of the molecule is CCCCCCCCNS(=O)(=O)CCCCNCCC. The molecule has 0 fully saturated rings. The first-order valence-electron chi connectivity index (χ1n) is 8.30. The van der Waals surface area contributed by atoms with Crippen molar-refractivity contribution in [3.63, 3.8) is 0 Å². The van der Waals surface area contributed by atoms with Crippen molar-refractivity contribution in [1.82, 2.24) is 10.0 Å². The maximum Gasteiger partial charge on any atom is 0.211 e. The molecular weight excluding hydrogens is 272 g/mol. The molecule has 0 amide bonds. The van der Waals surface area contributed by atoms with Gasteiger partial charge < -0.3 is 5.32 Å². The molecule has 2 N–H and O–H groups in total. The number of hydrogen-bond acceptors (Lipinski definition) is 3. The van der Waals surface area contributed by atoms with Crippen molar-refractivity contribution in [1.29, 1.82) is 0 Å². The van der Waals surface area contributed by atoms with Gasteiger partial charge in [-0.2, -0.15) is 0 Å². The molecule has 0 aliphatic rings. The Morgan fingerprint density at radius 3 is 2.05 bits per heavy atom. The largest absolute Gasteiger partial charge is 0.317 e. The zero-order valence-electron chi connectivity index (χ0n) is 13.4. The Bertz CT molecular complexity index is 292. The molecule has 0 unspecified atom stereocenters. The minimum Gasteiger partial charge on any atom is -0.317 e. The van der Waals surface area contributed by atoms with Crippen molar-refractivity contribution in [2.45, 2.75) is 71.6 Å².